The van der Waals surface area contributed by atoms with Gasteiger partial charge in [0.2, 0.25) is 0 Å². The average molecular weight is 309 g/mol. The lowest BCUT2D eigenvalue weighted by Gasteiger charge is -2.23. The van der Waals surface area contributed by atoms with Gasteiger partial charge in [0, 0.05) is 4.70 Å². The molecule has 0 radical (unpaired) electrons. The molecule has 0 saturated carbocycles. The summed E-state index contributed by atoms with van der Waals surface area (Å²) >= 11 is 1.43. The monoisotopic (exact) mass is 309 g/mol. The Morgan fingerprint density at radius 1 is 1.35 bits per heavy atom. The molecule has 1 aliphatic heterocycles. The predicted octanol–water partition coefficient (Wildman–Crippen LogP) is 2.21. The zero-order chi connectivity index (χ0) is 14.4. The van der Waals surface area contributed by atoms with Gasteiger partial charge in [0.25, 0.3) is 5.91 Å². The van der Waals surface area contributed by atoms with Gasteiger partial charge in [0.1, 0.15) is 0 Å². The van der Waals surface area contributed by atoms with Crippen LogP contribution in [0.5, 0.6) is 0 Å². The Kier molecular flexibility index (Phi) is 3.10. The molecule has 4 nitrogen and oxygen atoms in total. The molecule has 1 amide bonds. The fourth-order valence-electron chi connectivity index (χ4n) is 2.54. The third-order valence-electron chi connectivity index (χ3n) is 3.57. The van der Waals surface area contributed by atoms with Gasteiger partial charge in [0.15, 0.2) is 9.84 Å². The van der Waals surface area contributed by atoms with E-state index in [2.05, 4.69) is 5.32 Å². The van der Waals surface area contributed by atoms with Crippen molar-refractivity contribution in [1.29, 1.82) is 0 Å². The fourth-order valence-corrected chi connectivity index (χ4v) is 5.59. The lowest BCUT2D eigenvalue weighted by atomic mass is 10.0. The van der Waals surface area contributed by atoms with Crippen LogP contribution >= 0.6 is 11.3 Å². The first-order valence-corrected chi connectivity index (χ1v) is 9.02. The van der Waals surface area contributed by atoms with Crippen molar-refractivity contribution < 1.29 is 13.2 Å². The summed E-state index contributed by atoms with van der Waals surface area (Å²) in [7, 11) is -3.02. The Balaban J connectivity index is 1.83. The van der Waals surface area contributed by atoms with Crippen LogP contribution in [-0.4, -0.2) is 31.4 Å². The SMILES string of the molecule is C[C@]1(NC(=O)c2cc3ccccc3s2)CCS(=O)(=O)C1. The highest BCUT2D eigenvalue weighted by Gasteiger charge is 2.39. The first-order chi connectivity index (χ1) is 9.37. The molecule has 1 aromatic carbocycles. The van der Waals surface area contributed by atoms with Gasteiger partial charge >= 0.3 is 0 Å². The van der Waals surface area contributed by atoms with Crippen molar-refractivity contribution in [1.82, 2.24) is 5.32 Å². The van der Waals surface area contributed by atoms with Gasteiger partial charge in [-0.2, -0.15) is 0 Å². The number of rotatable bonds is 2. The number of thiophene rings is 1. The number of benzene rings is 1. The Labute approximate surface area is 121 Å². The molecular formula is C14H15NO3S2. The van der Waals surface area contributed by atoms with Crippen LogP contribution in [-0.2, 0) is 9.84 Å². The highest BCUT2D eigenvalue weighted by molar-refractivity contribution is 7.91. The second-order valence-corrected chi connectivity index (χ2v) is 8.77. The quantitative estimate of drug-likeness (QED) is 0.925. The number of hydrogen-bond acceptors (Lipinski definition) is 4. The molecule has 1 aliphatic rings. The summed E-state index contributed by atoms with van der Waals surface area (Å²) in [5, 5.41) is 3.91. The molecule has 0 spiro atoms. The molecule has 2 heterocycles. The third kappa shape index (κ3) is 2.58. The normalized spacial score (nSPS) is 24.9. The molecule has 1 saturated heterocycles. The fraction of sp³-hybridized carbons (Fsp3) is 0.357. The standard InChI is InChI=1S/C14H15NO3S2/c1-14(6-7-20(17,18)9-14)15-13(16)12-8-10-4-2-3-5-11(10)19-12/h2-5,8H,6-7,9H2,1H3,(H,15,16)/t14-/m0/s1. The Morgan fingerprint density at radius 2 is 2.10 bits per heavy atom. The van der Waals surface area contributed by atoms with Gasteiger partial charge in [-0.25, -0.2) is 8.42 Å². The summed E-state index contributed by atoms with van der Waals surface area (Å²) in [6, 6.07) is 9.65. The number of nitrogens with one attached hydrogen (secondary N) is 1. The van der Waals surface area contributed by atoms with E-state index in [1.807, 2.05) is 30.3 Å². The second-order valence-electron chi connectivity index (χ2n) is 5.51. The van der Waals surface area contributed by atoms with Gasteiger partial charge in [0.05, 0.1) is 21.9 Å². The zero-order valence-corrected chi connectivity index (χ0v) is 12.7. The van der Waals surface area contributed by atoms with Crippen molar-refractivity contribution in [2.45, 2.75) is 18.9 Å². The van der Waals surface area contributed by atoms with Crippen LogP contribution in [0.3, 0.4) is 0 Å². The Bertz CT molecular complexity index is 746. The van der Waals surface area contributed by atoms with Crippen molar-refractivity contribution in [3.05, 3.63) is 35.2 Å². The Morgan fingerprint density at radius 3 is 2.75 bits per heavy atom. The Hall–Kier alpha value is -1.40. The number of amides is 1. The largest absolute Gasteiger partial charge is 0.345 e. The maximum absolute atomic E-state index is 12.3. The first kappa shape index (κ1) is 13.6. The minimum absolute atomic E-state index is 0.0244. The number of fused-ring (bicyclic) bond motifs is 1. The summed E-state index contributed by atoms with van der Waals surface area (Å²) in [5.74, 6) is -0.0156. The molecule has 6 heteroatoms. The number of hydrogen-bond donors (Lipinski definition) is 1. The predicted molar refractivity (Wildman–Crippen MR) is 81.0 cm³/mol. The van der Waals surface area contributed by atoms with Crippen molar-refractivity contribution >= 4 is 37.2 Å². The van der Waals surface area contributed by atoms with E-state index in [0.717, 1.165) is 10.1 Å². The molecule has 1 fully saturated rings. The van der Waals surface area contributed by atoms with Gasteiger partial charge in [-0.05, 0) is 30.9 Å². The molecule has 1 aromatic heterocycles. The van der Waals surface area contributed by atoms with E-state index >= 15 is 0 Å². The van der Waals surface area contributed by atoms with Crippen molar-refractivity contribution in [3.8, 4) is 0 Å². The summed E-state index contributed by atoms with van der Waals surface area (Å²) in [4.78, 5) is 12.9. The van der Waals surface area contributed by atoms with Crippen molar-refractivity contribution in [2.24, 2.45) is 0 Å². The molecule has 2 aromatic rings. The van der Waals surface area contributed by atoms with Crippen LogP contribution in [0, 0.1) is 0 Å². The molecule has 0 aliphatic carbocycles. The van der Waals surface area contributed by atoms with E-state index in [0.29, 0.717) is 11.3 Å². The summed E-state index contributed by atoms with van der Waals surface area (Å²) in [5.41, 5.74) is -0.647. The van der Waals surface area contributed by atoms with E-state index in [-0.39, 0.29) is 17.4 Å². The highest BCUT2D eigenvalue weighted by atomic mass is 32.2. The van der Waals surface area contributed by atoms with E-state index in [9.17, 15) is 13.2 Å². The van der Waals surface area contributed by atoms with Gasteiger partial charge in [-0.1, -0.05) is 18.2 Å². The summed E-state index contributed by atoms with van der Waals surface area (Å²) in [6.45, 7) is 1.79. The minimum Gasteiger partial charge on any atom is -0.345 e. The minimum atomic E-state index is -3.02. The van der Waals surface area contributed by atoms with Gasteiger partial charge in [-0.15, -0.1) is 11.3 Å². The average Bonchev–Trinajstić information content (AvgIpc) is 2.90. The maximum atomic E-state index is 12.3. The van der Waals surface area contributed by atoms with Crippen LogP contribution in [0.4, 0.5) is 0 Å². The van der Waals surface area contributed by atoms with Crippen LogP contribution in [0.15, 0.2) is 30.3 Å². The van der Waals surface area contributed by atoms with Crippen LogP contribution in [0.2, 0.25) is 0 Å². The second kappa shape index (κ2) is 4.56. The molecular weight excluding hydrogens is 294 g/mol. The number of sulfone groups is 1. The van der Waals surface area contributed by atoms with Crippen LogP contribution in [0.1, 0.15) is 23.0 Å². The zero-order valence-electron chi connectivity index (χ0n) is 11.0. The van der Waals surface area contributed by atoms with Crippen molar-refractivity contribution in [3.63, 3.8) is 0 Å². The third-order valence-corrected chi connectivity index (χ3v) is 6.59. The van der Waals surface area contributed by atoms with Crippen molar-refractivity contribution in [2.75, 3.05) is 11.5 Å². The molecule has 0 bridgehead atoms. The number of carbonyl (C=O) groups is 1. The number of carbonyl (C=O) groups excluding carboxylic acids is 1. The smallest absolute Gasteiger partial charge is 0.261 e. The van der Waals surface area contributed by atoms with E-state index in [1.54, 1.807) is 6.92 Å². The van der Waals surface area contributed by atoms with E-state index < -0.39 is 15.4 Å². The molecule has 1 atom stereocenters. The first-order valence-electron chi connectivity index (χ1n) is 6.38. The molecule has 20 heavy (non-hydrogen) atoms. The van der Waals surface area contributed by atoms with Crippen LogP contribution in [0.25, 0.3) is 10.1 Å². The molecule has 0 unspecified atom stereocenters. The summed E-state index contributed by atoms with van der Waals surface area (Å²) in [6.07, 6.45) is 0.478. The topological polar surface area (TPSA) is 63.2 Å². The molecule has 3 rings (SSSR count). The van der Waals surface area contributed by atoms with Gasteiger partial charge in [-0.3, -0.25) is 4.79 Å². The lowest BCUT2D eigenvalue weighted by Crippen LogP contribution is -2.46. The van der Waals surface area contributed by atoms with Crippen LogP contribution < -0.4 is 5.32 Å². The van der Waals surface area contributed by atoms with E-state index in [4.69, 9.17) is 0 Å². The summed E-state index contributed by atoms with van der Waals surface area (Å²) < 4.78 is 24.2. The molecule has 1 N–H and O–H groups in total. The van der Waals surface area contributed by atoms with Gasteiger partial charge < -0.3 is 5.32 Å². The maximum Gasteiger partial charge on any atom is 0.261 e. The lowest BCUT2D eigenvalue weighted by molar-refractivity contribution is 0.0919. The highest BCUT2D eigenvalue weighted by Crippen LogP contribution is 2.27. The molecule has 106 valence electrons. The van der Waals surface area contributed by atoms with E-state index in [1.165, 1.54) is 11.3 Å².